The van der Waals surface area contributed by atoms with Gasteiger partial charge in [-0.3, -0.25) is 4.79 Å². The van der Waals surface area contributed by atoms with Crippen LogP contribution in [0.5, 0.6) is 5.75 Å². The van der Waals surface area contributed by atoms with Crippen molar-refractivity contribution in [2.75, 3.05) is 19.3 Å². The summed E-state index contributed by atoms with van der Waals surface area (Å²) in [7, 11) is -2.03. The fraction of sp³-hybridized carbons (Fsp3) is 0.300. The molecule has 94 valence electrons. The molecule has 1 aromatic rings. The number of phenols is 1. The van der Waals surface area contributed by atoms with Gasteiger partial charge in [-0.25, -0.2) is 13.1 Å². The van der Waals surface area contributed by atoms with Crippen LogP contribution in [0.1, 0.15) is 10.4 Å². The van der Waals surface area contributed by atoms with Crippen LogP contribution in [0.25, 0.3) is 0 Å². The molecule has 0 spiro atoms. The van der Waals surface area contributed by atoms with Gasteiger partial charge in [-0.2, -0.15) is 0 Å². The summed E-state index contributed by atoms with van der Waals surface area (Å²) in [4.78, 5) is 11.6. The molecule has 1 rings (SSSR count). The normalized spacial score (nSPS) is 11.1. The lowest BCUT2D eigenvalue weighted by molar-refractivity contribution is 0.0953. The number of hydrogen-bond acceptors (Lipinski definition) is 4. The standard InChI is InChI=1S/C10H14N2O4S/c1-11-17(15,16)7-6-12-10(14)8-4-2-3-5-9(8)13/h2-5,11,13H,6-7H2,1H3,(H,12,14). The molecule has 0 saturated heterocycles. The van der Waals surface area contributed by atoms with Crippen molar-refractivity contribution >= 4 is 15.9 Å². The lowest BCUT2D eigenvalue weighted by atomic mass is 10.2. The average molecular weight is 258 g/mol. The van der Waals surface area contributed by atoms with Gasteiger partial charge in [0.1, 0.15) is 5.75 Å². The summed E-state index contributed by atoms with van der Waals surface area (Å²) in [5.41, 5.74) is 0.120. The van der Waals surface area contributed by atoms with E-state index in [1.54, 1.807) is 12.1 Å². The molecule has 0 aromatic heterocycles. The largest absolute Gasteiger partial charge is 0.507 e. The van der Waals surface area contributed by atoms with Gasteiger partial charge in [-0.1, -0.05) is 12.1 Å². The van der Waals surface area contributed by atoms with E-state index in [1.165, 1.54) is 19.2 Å². The molecular weight excluding hydrogens is 244 g/mol. The zero-order valence-electron chi connectivity index (χ0n) is 9.30. The number of sulfonamides is 1. The van der Waals surface area contributed by atoms with Crippen molar-refractivity contribution in [2.45, 2.75) is 0 Å². The maximum Gasteiger partial charge on any atom is 0.255 e. The average Bonchev–Trinajstić information content (AvgIpc) is 2.29. The van der Waals surface area contributed by atoms with Crippen LogP contribution in [0.3, 0.4) is 0 Å². The summed E-state index contributed by atoms with van der Waals surface area (Å²) in [6.45, 7) is -0.0175. The van der Waals surface area contributed by atoms with Gasteiger partial charge in [0.2, 0.25) is 10.0 Å². The molecule has 0 bridgehead atoms. The van der Waals surface area contributed by atoms with E-state index in [1.807, 2.05) is 0 Å². The van der Waals surface area contributed by atoms with Gasteiger partial charge in [0, 0.05) is 6.54 Å². The Hall–Kier alpha value is -1.60. The van der Waals surface area contributed by atoms with Gasteiger partial charge in [0.05, 0.1) is 11.3 Å². The van der Waals surface area contributed by atoms with Crippen LogP contribution in [-0.2, 0) is 10.0 Å². The van der Waals surface area contributed by atoms with Crippen LogP contribution in [-0.4, -0.2) is 38.8 Å². The highest BCUT2D eigenvalue weighted by Gasteiger charge is 2.11. The molecule has 7 heteroatoms. The van der Waals surface area contributed by atoms with Crippen LogP contribution in [0, 0.1) is 0 Å². The second-order valence-electron chi connectivity index (χ2n) is 3.30. The Morgan fingerprint density at radius 2 is 2.00 bits per heavy atom. The van der Waals surface area contributed by atoms with E-state index in [4.69, 9.17) is 0 Å². The Bertz CT molecular complexity index is 499. The van der Waals surface area contributed by atoms with Crippen molar-refractivity contribution in [1.29, 1.82) is 0 Å². The molecule has 0 saturated carbocycles. The molecule has 0 aliphatic rings. The first-order chi connectivity index (χ1) is 7.96. The van der Waals surface area contributed by atoms with E-state index in [2.05, 4.69) is 10.0 Å². The number of amides is 1. The summed E-state index contributed by atoms with van der Waals surface area (Å²) in [5, 5.41) is 11.8. The first-order valence-electron chi connectivity index (χ1n) is 4.93. The summed E-state index contributed by atoms with van der Waals surface area (Å²) >= 11 is 0. The quantitative estimate of drug-likeness (QED) is 0.674. The monoisotopic (exact) mass is 258 g/mol. The van der Waals surface area contributed by atoms with Crippen molar-refractivity contribution in [3.63, 3.8) is 0 Å². The fourth-order valence-corrected chi connectivity index (χ4v) is 1.74. The zero-order valence-corrected chi connectivity index (χ0v) is 10.1. The van der Waals surface area contributed by atoms with E-state index in [0.717, 1.165) is 0 Å². The molecule has 1 aromatic carbocycles. The number of aromatic hydroxyl groups is 1. The van der Waals surface area contributed by atoms with E-state index in [-0.39, 0.29) is 23.6 Å². The van der Waals surface area contributed by atoms with Gasteiger partial charge in [-0.15, -0.1) is 0 Å². The molecule has 1 amide bonds. The first kappa shape index (κ1) is 13.5. The topological polar surface area (TPSA) is 95.5 Å². The number of carbonyl (C=O) groups excluding carboxylic acids is 1. The van der Waals surface area contributed by atoms with Crippen molar-refractivity contribution < 1.29 is 18.3 Å². The molecule has 0 unspecified atom stereocenters. The summed E-state index contributed by atoms with van der Waals surface area (Å²) < 4.78 is 24.3. The number of nitrogens with one attached hydrogen (secondary N) is 2. The second-order valence-corrected chi connectivity index (χ2v) is 5.34. The van der Waals surface area contributed by atoms with Crippen LogP contribution in [0.4, 0.5) is 0 Å². The Kier molecular flexibility index (Phi) is 4.47. The summed E-state index contributed by atoms with van der Waals surface area (Å²) in [6.07, 6.45) is 0. The van der Waals surface area contributed by atoms with Crippen molar-refractivity contribution in [2.24, 2.45) is 0 Å². The van der Waals surface area contributed by atoms with Crippen molar-refractivity contribution in [3.8, 4) is 5.75 Å². The lowest BCUT2D eigenvalue weighted by Gasteiger charge is -2.06. The molecule has 17 heavy (non-hydrogen) atoms. The highest BCUT2D eigenvalue weighted by atomic mass is 32.2. The van der Waals surface area contributed by atoms with Gasteiger partial charge >= 0.3 is 0 Å². The smallest absolute Gasteiger partial charge is 0.255 e. The van der Waals surface area contributed by atoms with Crippen molar-refractivity contribution in [1.82, 2.24) is 10.0 Å². The third-order valence-electron chi connectivity index (χ3n) is 2.12. The third kappa shape index (κ3) is 4.04. The number of phenolic OH excluding ortho intramolecular Hbond substituents is 1. The van der Waals surface area contributed by atoms with E-state index in [9.17, 15) is 18.3 Å². The van der Waals surface area contributed by atoms with E-state index in [0.29, 0.717) is 0 Å². The summed E-state index contributed by atoms with van der Waals surface area (Å²) in [6, 6.07) is 6.05. The Labute approximate surface area is 99.7 Å². The number of carbonyl (C=O) groups is 1. The zero-order chi connectivity index (χ0) is 12.9. The molecule has 0 aliphatic heterocycles. The van der Waals surface area contributed by atoms with Crippen LogP contribution >= 0.6 is 0 Å². The molecule has 3 N–H and O–H groups in total. The highest BCUT2D eigenvalue weighted by Crippen LogP contribution is 2.14. The number of benzene rings is 1. The minimum absolute atomic E-state index is 0.0175. The molecule has 0 atom stereocenters. The Morgan fingerprint density at radius 1 is 1.35 bits per heavy atom. The minimum Gasteiger partial charge on any atom is -0.507 e. The number of hydrogen-bond donors (Lipinski definition) is 3. The first-order valence-corrected chi connectivity index (χ1v) is 6.59. The SMILES string of the molecule is CNS(=O)(=O)CCNC(=O)c1ccccc1O. The van der Waals surface area contributed by atoms with Crippen LogP contribution < -0.4 is 10.0 Å². The molecule has 0 radical (unpaired) electrons. The maximum atomic E-state index is 11.6. The molecule has 6 nitrogen and oxygen atoms in total. The van der Waals surface area contributed by atoms with Gasteiger partial charge in [0.25, 0.3) is 5.91 Å². The third-order valence-corrected chi connectivity index (χ3v) is 3.48. The highest BCUT2D eigenvalue weighted by molar-refractivity contribution is 7.89. The Balaban J connectivity index is 2.55. The second kappa shape index (κ2) is 5.65. The number of rotatable bonds is 5. The molecule has 0 aliphatic carbocycles. The van der Waals surface area contributed by atoms with E-state index >= 15 is 0 Å². The van der Waals surface area contributed by atoms with Crippen LogP contribution in [0.15, 0.2) is 24.3 Å². The van der Waals surface area contributed by atoms with Crippen LogP contribution in [0.2, 0.25) is 0 Å². The predicted octanol–water partition coefficient (Wildman–Crippen LogP) is -0.329. The predicted molar refractivity (Wildman–Crippen MR) is 63.3 cm³/mol. The summed E-state index contributed by atoms with van der Waals surface area (Å²) in [5.74, 6) is -0.848. The number of para-hydroxylation sites is 1. The van der Waals surface area contributed by atoms with Crippen molar-refractivity contribution in [3.05, 3.63) is 29.8 Å². The minimum atomic E-state index is -3.33. The molecule has 0 heterocycles. The molecule has 0 fully saturated rings. The molecular formula is C10H14N2O4S. The fourth-order valence-electron chi connectivity index (χ4n) is 1.16. The Morgan fingerprint density at radius 3 is 2.59 bits per heavy atom. The van der Waals surface area contributed by atoms with Gasteiger partial charge in [0.15, 0.2) is 0 Å². The maximum absolute atomic E-state index is 11.6. The lowest BCUT2D eigenvalue weighted by Crippen LogP contribution is -2.32. The van der Waals surface area contributed by atoms with Gasteiger partial charge in [-0.05, 0) is 19.2 Å². The van der Waals surface area contributed by atoms with Gasteiger partial charge < -0.3 is 10.4 Å². The van der Waals surface area contributed by atoms with E-state index < -0.39 is 15.9 Å².